The molecule has 0 aromatic heterocycles. The molecule has 0 amide bonds. The van der Waals surface area contributed by atoms with Gasteiger partial charge in [-0.15, -0.1) is 0 Å². The first kappa shape index (κ1) is 56.3. The molecule has 2 N–H and O–H groups in total. The van der Waals surface area contributed by atoms with E-state index in [0.717, 1.165) is 70.8 Å². The second kappa shape index (κ2) is 46.4. The fraction of sp³-hybridized carbons (Fsp3) is 0.882. The highest BCUT2D eigenvalue weighted by molar-refractivity contribution is 5.69. The Morgan fingerprint density at radius 3 is 1.29 bits per heavy atom. The molecule has 342 valence electrons. The van der Waals surface area contributed by atoms with Crippen LogP contribution in [-0.2, 0) is 19.1 Å². The van der Waals surface area contributed by atoms with Gasteiger partial charge in [0, 0.05) is 25.9 Å². The van der Waals surface area contributed by atoms with Gasteiger partial charge in [0.25, 0.3) is 0 Å². The maximum absolute atomic E-state index is 12.3. The van der Waals surface area contributed by atoms with Crippen LogP contribution in [0.5, 0.6) is 0 Å². The van der Waals surface area contributed by atoms with Crippen LogP contribution in [0.3, 0.4) is 0 Å². The third-order valence-electron chi connectivity index (χ3n) is 11.5. The summed E-state index contributed by atoms with van der Waals surface area (Å²) in [7, 11) is 1.98. The summed E-state index contributed by atoms with van der Waals surface area (Å²) < 4.78 is 11.0. The molecule has 7 nitrogen and oxygen atoms in total. The van der Waals surface area contributed by atoms with E-state index in [9.17, 15) is 19.8 Å². The highest BCUT2D eigenvalue weighted by Crippen LogP contribution is 2.20. The smallest absolute Gasteiger partial charge is 0.305 e. The van der Waals surface area contributed by atoms with E-state index in [1.807, 2.05) is 7.05 Å². The number of likely N-dealkylation sites (N-methyl/N-ethyl adjacent to an activating group) is 1. The monoisotopic (exact) mass is 820 g/mol. The first-order valence-corrected chi connectivity index (χ1v) is 25.0. The van der Waals surface area contributed by atoms with E-state index in [0.29, 0.717) is 39.0 Å². The Hall–Kier alpha value is -1.70. The Balaban J connectivity index is 3.90. The molecule has 0 spiro atoms. The molecule has 58 heavy (non-hydrogen) atoms. The van der Waals surface area contributed by atoms with Crippen molar-refractivity contribution in [2.45, 2.75) is 245 Å². The van der Waals surface area contributed by atoms with E-state index in [1.165, 1.54) is 141 Å². The SMILES string of the molecule is CCCCCCCC/C=C\CCCCCCCC(=O)OCCCCCC(O)C(CCCCOC(=O)CCCCCCC/C=C\CCCCCCCC)CN(C)CCO. The predicted molar refractivity (Wildman–Crippen MR) is 247 cm³/mol. The van der Waals surface area contributed by atoms with Gasteiger partial charge in [-0.2, -0.15) is 0 Å². The Kier molecular flexibility index (Phi) is 45.0. The van der Waals surface area contributed by atoms with Crippen molar-refractivity contribution in [2.24, 2.45) is 5.92 Å². The average molecular weight is 820 g/mol. The summed E-state index contributed by atoms with van der Waals surface area (Å²) in [5, 5.41) is 20.5. The number of nitrogens with zero attached hydrogens (tertiary/aromatic N) is 1. The van der Waals surface area contributed by atoms with Gasteiger partial charge in [-0.05, 0) is 116 Å². The van der Waals surface area contributed by atoms with Crippen LogP contribution in [0, 0.1) is 5.92 Å². The normalized spacial score (nSPS) is 12.9. The molecule has 0 aliphatic carbocycles. The first-order chi connectivity index (χ1) is 28.4. The number of ether oxygens (including phenoxy) is 2. The van der Waals surface area contributed by atoms with E-state index in [4.69, 9.17) is 9.47 Å². The summed E-state index contributed by atoms with van der Waals surface area (Å²) in [6, 6.07) is 0. The van der Waals surface area contributed by atoms with E-state index < -0.39 is 6.10 Å². The summed E-state index contributed by atoms with van der Waals surface area (Å²) in [5.41, 5.74) is 0. The van der Waals surface area contributed by atoms with Crippen LogP contribution in [-0.4, -0.2) is 73.1 Å². The van der Waals surface area contributed by atoms with Gasteiger partial charge in [0.1, 0.15) is 0 Å². The van der Waals surface area contributed by atoms with E-state index in [-0.39, 0.29) is 24.5 Å². The van der Waals surface area contributed by atoms with Gasteiger partial charge in [-0.3, -0.25) is 9.59 Å². The molecular weight excluding hydrogens is 723 g/mol. The number of allylic oxidation sites excluding steroid dienone is 4. The molecule has 0 aromatic rings. The average Bonchev–Trinajstić information content (AvgIpc) is 3.21. The number of unbranched alkanes of at least 4 members (excludes halogenated alkanes) is 25. The third kappa shape index (κ3) is 42.4. The van der Waals surface area contributed by atoms with Crippen molar-refractivity contribution in [3.8, 4) is 0 Å². The lowest BCUT2D eigenvalue weighted by Crippen LogP contribution is -2.34. The van der Waals surface area contributed by atoms with Crippen molar-refractivity contribution in [1.29, 1.82) is 0 Å². The number of hydrogen-bond acceptors (Lipinski definition) is 7. The van der Waals surface area contributed by atoms with Crippen LogP contribution in [0.2, 0.25) is 0 Å². The second-order valence-electron chi connectivity index (χ2n) is 17.3. The third-order valence-corrected chi connectivity index (χ3v) is 11.5. The lowest BCUT2D eigenvalue weighted by Gasteiger charge is -2.28. The molecule has 0 aliphatic rings. The molecule has 2 unspecified atom stereocenters. The molecule has 0 radical (unpaired) electrons. The minimum atomic E-state index is -0.423. The quantitative estimate of drug-likeness (QED) is 0.0359. The van der Waals surface area contributed by atoms with Crippen LogP contribution < -0.4 is 0 Å². The number of hydrogen-bond donors (Lipinski definition) is 2. The van der Waals surface area contributed by atoms with Gasteiger partial charge >= 0.3 is 11.9 Å². The van der Waals surface area contributed by atoms with Gasteiger partial charge in [-0.1, -0.05) is 147 Å². The molecule has 0 aliphatic heterocycles. The summed E-state index contributed by atoms with van der Waals surface area (Å²) >= 11 is 0. The fourth-order valence-corrected chi connectivity index (χ4v) is 7.64. The standard InChI is InChI=1S/C51H97NO6/c1-4-6-8-10-12-14-16-18-20-22-24-26-28-30-34-41-50(55)57-45-37-32-33-40-49(54)48(47-52(3)43-44-53)39-36-38-46-58-51(56)42-35-31-29-27-25-23-21-19-17-15-13-11-9-7-5-2/h18-21,48-49,53-54H,4-17,22-47H2,1-3H3/b20-18-,21-19-. The molecule has 7 heteroatoms. The van der Waals surface area contributed by atoms with Crippen molar-refractivity contribution < 1.29 is 29.3 Å². The Morgan fingerprint density at radius 2 is 0.862 bits per heavy atom. The summed E-state index contributed by atoms with van der Waals surface area (Å²) in [5.74, 6) is -0.0729. The highest BCUT2D eigenvalue weighted by Gasteiger charge is 2.20. The zero-order valence-electron chi connectivity index (χ0n) is 38.7. The molecule has 0 saturated heterocycles. The van der Waals surface area contributed by atoms with E-state index in [1.54, 1.807) is 0 Å². The van der Waals surface area contributed by atoms with Gasteiger partial charge in [0.2, 0.25) is 0 Å². The van der Waals surface area contributed by atoms with Crippen molar-refractivity contribution in [3.63, 3.8) is 0 Å². The molecular formula is C51H97NO6. The number of aliphatic hydroxyl groups is 2. The largest absolute Gasteiger partial charge is 0.466 e. The van der Waals surface area contributed by atoms with Crippen molar-refractivity contribution >= 4 is 11.9 Å². The Labute approximate surface area is 360 Å². The second-order valence-corrected chi connectivity index (χ2v) is 17.3. The number of esters is 2. The van der Waals surface area contributed by atoms with Gasteiger partial charge < -0.3 is 24.6 Å². The molecule has 0 rings (SSSR count). The topological polar surface area (TPSA) is 96.3 Å². The number of carbonyl (C=O) groups excluding carboxylic acids is 2. The number of carbonyl (C=O) groups is 2. The lowest BCUT2D eigenvalue weighted by molar-refractivity contribution is -0.144. The highest BCUT2D eigenvalue weighted by atomic mass is 16.5. The van der Waals surface area contributed by atoms with E-state index >= 15 is 0 Å². The van der Waals surface area contributed by atoms with Crippen LogP contribution >= 0.6 is 0 Å². The maximum atomic E-state index is 12.3. The molecule has 0 heterocycles. The van der Waals surface area contributed by atoms with Gasteiger partial charge in [0.15, 0.2) is 0 Å². The van der Waals surface area contributed by atoms with Crippen molar-refractivity contribution in [2.75, 3.05) is 40.0 Å². The summed E-state index contributed by atoms with van der Waals surface area (Å²) in [6.07, 6.45) is 48.3. The zero-order valence-corrected chi connectivity index (χ0v) is 38.7. The van der Waals surface area contributed by atoms with Crippen LogP contribution in [0.4, 0.5) is 0 Å². The van der Waals surface area contributed by atoms with Crippen LogP contribution in [0.1, 0.15) is 239 Å². The van der Waals surface area contributed by atoms with Crippen LogP contribution in [0.25, 0.3) is 0 Å². The molecule has 0 fully saturated rings. The first-order valence-electron chi connectivity index (χ1n) is 25.0. The zero-order chi connectivity index (χ0) is 42.4. The van der Waals surface area contributed by atoms with Crippen molar-refractivity contribution in [3.05, 3.63) is 24.3 Å². The summed E-state index contributed by atoms with van der Waals surface area (Å²) in [6.45, 7) is 6.84. The van der Waals surface area contributed by atoms with Gasteiger partial charge in [0.05, 0.1) is 25.9 Å². The van der Waals surface area contributed by atoms with Crippen molar-refractivity contribution in [1.82, 2.24) is 4.90 Å². The Morgan fingerprint density at radius 1 is 0.500 bits per heavy atom. The van der Waals surface area contributed by atoms with Gasteiger partial charge in [-0.25, -0.2) is 0 Å². The molecule has 0 aromatic carbocycles. The predicted octanol–water partition coefficient (Wildman–Crippen LogP) is 13.8. The maximum Gasteiger partial charge on any atom is 0.305 e. The minimum Gasteiger partial charge on any atom is -0.466 e. The molecule has 2 atom stereocenters. The fourth-order valence-electron chi connectivity index (χ4n) is 7.64. The summed E-state index contributed by atoms with van der Waals surface area (Å²) in [4.78, 5) is 26.5. The number of rotatable bonds is 46. The van der Waals surface area contributed by atoms with Crippen LogP contribution in [0.15, 0.2) is 24.3 Å². The van der Waals surface area contributed by atoms with E-state index in [2.05, 4.69) is 43.1 Å². The Bertz CT molecular complexity index is 923. The number of aliphatic hydroxyl groups excluding tert-OH is 2. The lowest BCUT2D eigenvalue weighted by atomic mass is 9.91. The molecule has 0 bridgehead atoms. The minimum absolute atomic E-state index is 0.0848. The molecule has 0 saturated carbocycles.